The first-order chi connectivity index (χ1) is 7.70. The molecular weight excluding hydrogens is 200 g/mol. The molecule has 0 radical (unpaired) electrons. The molecule has 2 atom stereocenters. The number of rotatable bonds is 3. The van der Waals surface area contributed by atoms with Crippen LogP contribution in [-0.4, -0.2) is 17.3 Å². The van der Waals surface area contributed by atoms with Gasteiger partial charge in [-0.2, -0.15) is 0 Å². The number of para-hydroxylation sites is 1. The van der Waals surface area contributed by atoms with Crippen LogP contribution in [0.5, 0.6) is 5.75 Å². The molecule has 16 heavy (non-hydrogen) atoms. The van der Waals surface area contributed by atoms with Gasteiger partial charge < -0.3 is 9.84 Å². The van der Waals surface area contributed by atoms with Crippen LogP contribution in [-0.2, 0) is 6.42 Å². The molecule has 1 aliphatic carbocycles. The fourth-order valence-electron chi connectivity index (χ4n) is 2.77. The molecule has 0 amide bonds. The number of aliphatic hydroxyl groups excluding tert-OH is 1. The van der Waals surface area contributed by atoms with Gasteiger partial charge in [0.15, 0.2) is 0 Å². The van der Waals surface area contributed by atoms with Gasteiger partial charge in [0.2, 0.25) is 0 Å². The third kappa shape index (κ3) is 1.61. The molecule has 2 heteroatoms. The highest BCUT2D eigenvalue weighted by Crippen LogP contribution is 2.53. The number of hydrogen-bond donors (Lipinski definition) is 1. The Morgan fingerprint density at radius 1 is 1.44 bits per heavy atom. The highest BCUT2D eigenvalue weighted by atomic mass is 16.5. The molecule has 2 unspecified atom stereocenters. The van der Waals surface area contributed by atoms with Crippen LogP contribution in [0, 0.1) is 5.41 Å². The van der Waals surface area contributed by atoms with Crippen molar-refractivity contribution in [2.24, 2.45) is 5.41 Å². The molecule has 1 aromatic rings. The van der Waals surface area contributed by atoms with Gasteiger partial charge in [-0.1, -0.05) is 18.2 Å². The Hall–Kier alpha value is -1.02. The van der Waals surface area contributed by atoms with Crippen molar-refractivity contribution in [3.05, 3.63) is 29.8 Å². The quantitative estimate of drug-likeness (QED) is 0.844. The van der Waals surface area contributed by atoms with E-state index in [1.807, 2.05) is 19.1 Å². The normalized spacial score (nSPS) is 27.0. The van der Waals surface area contributed by atoms with E-state index >= 15 is 0 Å². The van der Waals surface area contributed by atoms with Crippen molar-refractivity contribution in [1.82, 2.24) is 0 Å². The minimum Gasteiger partial charge on any atom is -0.490 e. The molecule has 1 saturated carbocycles. The average Bonchev–Trinajstić information content (AvgIpc) is 2.92. The van der Waals surface area contributed by atoms with Gasteiger partial charge in [-0.15, -0.1) is 0 Å². The Morgan fingerprint density at radius 3 is 2.81 bits per heavy atom. The van der Waals surface area contributed by atoms with Crippen LogP contribution in [0.3, 0.4) is 0 Å². The van der Waals surface area contributed by atoms with Gasteiger partial charge in [0.1, 0.15) is 11.9 Å². The zero-order valence-corrected chi connectivity index (χ0v) is 9.65. The molecule has 0 aromatic heterocycles. The van der Waals surface area contributed by atoms with Gasteiger partial charge >= 0.3 is 0 Å². The van der Waals surface area contributed by atoms with E-state index in [1.54, 1.807) is 0 Å². The molecule has 1 fully saturated rings. The summed E-state index contributed by atoms with van der Waals surface area (Å²) in [4.78, 5) is 0. The lowest BCUT2D eigenvalue weighted by Crippen LogP contribution is -2.26. The van der Waals surface area contributed by atoms with Gasteiger partial charge in [-0.3, -0.25) is 0 Å². The summed E-state index contributed by atoms with van der Waals surface area (Å²) >= 11 is 0. The van der Waals surface area contributed by atoms with E-state index in [9.17, 15) is 5.11 Å². The third-order valence-electron chi connectivity index (χ3n) is 4.13. The minimum atomic E-state index is -0.195. The predicted molar refractivity (Wildman–Crippen MR) is 62.5 cm³/mol. The maximum Gasteiger partial charge on any atom is 0.123 e. The fourth-order valence-corrected chi connectivity index (χ4v) is 2.77. The molecule has 0 saturated heterocycles. The summed E-state index contributed by atoms with van der Waals surface area (Å²) in [7, 11) is 0. The van der Waals surface area contributed by atoms with Crippen LogP contribution in [0.25, 0.3) is 0 Å². The Kier molecular flexibility index (Phi) is 2.21. The lowest BCUT2D eigenvalue weighted by Gasteiger charge is -2.22. The SMILES string of the molecule is CC(O)C1(CC2Cc3ccccc3O2)CC1. The van der Waals surface area contributed by atoms with E-state index in [0.29, 0.717) is 0 Å². The Labute approximate surface area is 96.2 Å². The molecule has 2 nitrogen and oxygen atoms in total. The van der Waals surface area contributed by atoms with Crippen molar-refractivity contribution in [2.75, 3.05) is 0 Å². The van der Waals surface area contributed by atoms with E-state index in [-0.39, 0.29) is 17.6 Å². The second kappa shape index (κ2) is 3.49. The van der Waals surface area contributed by atoms with Crippen molar-refractivity contribution in [2.45, 2.75) is 44.8 Å². The van der Waals surface area contributed by atoms with Crippen molar-refractivity contribution in [3.8, 4) is 5.75 Å². The third-order valence-corrected chi connectivity index (χ3v) is 4.13. The lowest BCUT2D eigenvalue weighted by molar-refractivity contribution is 0.0735. The molecule has 3 rings (SSSR count). The van der Waals surface area contributed by atoms with Crippen LogP contribution >= 0.6 is 0 Å². The van der Waals surface area contributed by atoms with Gasteiger partial charge in [0, 0.05) is 6.42 Å². The van der Waals surface area contributed by atoms with E-state index in [0.717, 1.165) is 31.4 Å². The van der Waals surface area contributed by atoms with Crippen LogP contribution in [0.4, 0.5) is 0 Å². The molecule has 1 heterocycles. The zero-order chi connectivity index (χ0) is 11.2. The van der Waals surface area contributed by atoms with E-state index in [1.165, 1.54) is 5.56 Å². The van der Waals surface area contributed by atoms with Gasteiger partial charge in [0.25, 0.3) is 0 Å². The molecule has 0 bridgehead atoms. The van der Waals surface area contributed by atoms with Gasteiger partial charge in [-0.05, 0) is 43.2 Å². The maximum absolute atomic E-state index is 9.76. The molecule has 0 spiro atoms. The number of ether oxygens (including phenoxy) is 1. The van der Waals surface area contributed by atoms with Crippen molar-refractivity contribution < 1.29 is 9.84 Å². The Balaban J connectivity index is 1.69. The van der Waals surface area contributed by atoms with Crippen LogP contribution in [0.2, 0.25) is 0 Å². The number of aliphatic hydroxyl groups is 1. The van der Waals surface area contributed by atoms with E-state index < -0.39 is 0 Å². The first-order valence-electron chi connectivity index (χ1n) is 6.12. The highest BCUT2D eigenvalue weighted by Gasteiger charge is 2.49. The minimum absolute atomic E-state index is 0.159. The number of benzene rings is 1. The van der Waals surface area contributed by atoms with E-state index in [2.05, 4.69) is 12.1 Å². The summed E-state index contributed by atoms with van der Waals surface area (Å²) in [6.45, 7) is 1.91. The summed E-state index contributed by atoms with van der Waals surface area (Å²) in [5.41, 5.74) is 1.47. The number of fused-ring (bicyclic) bond motifs is 1. The highest BCUT2D eigenvalue weighted by molar-refractivity contribution is 5.37. The average molecular weight is 218 g/mol. The molecule has 86 valence electrons. The summed E-state index contributed by atoms with van der Waals surface area (Å²) in [5, 5.41) is 9.76. The van der Waals surface area contributed by atoms with Crippen LogP contribution < -0.4 is 4.74 Å². The molecule has 1 aromatic carbocycles. The second-order valence-corrected chi connectivity index (χ2v) is 5.29. The smallest absolute Gasteiger partial charge is 0.123 e. The zero-order valence-electron chi connectivity index (χ0n) is 9.65. The predicted octanol–water partition coefficient (Wildman–Crippen LogP) is 2.54. The van der Waals surface area contributed by atoms with Crippen LogP contribution in [0.15, 0.2) is 24.3 Å². The molecular formula is C14H18O2. The topological polar surface area (TPSA) is 29.5 Å². The molecule has 1 N–H and O–H groups in total. The summed E-state index contributed by atoms with van der Waals surface area (Å²) in [5.74, 6) is 1.04. The standard InChI is InChI=1S/C14H18O2/c1-10(15)14(6-7-14)9-12-8-11-4-2-3-5-13(11)16-12/h2-5,10,12,15H,6-9H2,1H3. The first kappa shape index (κ1) is 10.2. The second-order valence-electron chi connectivity index (χ2n) is 5.29. The lowest BCUT2D eigenvalue weighted by atomic mass is 9.91. The monoisotopic (exact) mass is 218 g/mol. The van der Waals surface area contributed by atoms with Crippen molar-refractivity contribution >= 4 is 0 Å². The Bertz CT molecular complexity index is 368. The molecule has 1 aliphatic heterocycles. The Morgan fingerprint density at radius 2 is 2.19 bits per heavy atom. The number of hydrogen-bond acceptors (Lipinski definition) is 2. The fraction of sp³-hybridized carbons (Fsp3) is 0.571. The summed E-state index contributed by atoms with van der Waals surface area (Å²) < 4.78 is 5.92. The van der Waals surface area contributed by atoms with Crippen LogP contribution in [0.1, 0.15) is 31.7 Å². The van der Waals surface area contributed by atoms with Gasteiger partial charge in [-0.25, -0.2) is 0 Å². The summed E-state index contributed by atoms with van der Waals surface area (Å²) in [6.07, 6.45) is 4.39. The maximum atomic E-state index is 9.76. The van der Waals surface area contributed by atoms with E-state index in [4.69, 9.17) is 4.74 Å². The summed E-state index contributed by atoms with van der Waals surface area (Å²) in [6, 6.07) is 8.25. The van der Waals surface area contributed by atoms with Gasteiger partial charge in [0.05, 0.1) is 6.10 Å². The first-order valence-corrected chi connectivity index (χ1v) is 6.12. The molecule has 2 aliphatic rings. The van der Waals surface area contributed by atoms with Crippen molar-refractivity contribution in [3.63, 3.8) is 0 Å². The largest absolute Gasteiger partial charge is 0.490 e. The van der Waals surface area contributed by atoms with Crippen molar-refractivity contribution in [1.29, 1.82) is 0 Å².